The van der Waals surface area contributed by atoms with Crippen molar-refractivity contribution < 1.29 is 118 Å². The maximum atomic E-state index is 15.7. The molecule has 19 atom stereocenters. The van der Waals surface area contributed by atoms with Gasteiger partial charge >= 0.3 is 24.1 Å². The third kappa shape index (κ3) is 13.3. The molecule has 2 aromatic carbocycles. The van der Waals surface area contributed by atoms with Gasteiger partial charge in [-0.15, -0.1) is 0 Å². The fraction of sp³-hybridized carbons (Fsp3) is 0.632. The predicted molar refractivity (Wildman–Crippen MR) is 291 cm³/mol. The van der Waals surface area contributed by atoms with Crippen molar-refractivity contribution in [1.29, 1.82) is 0 Å². The van der Waals surface area contributed by atoms with Crippen molar-refractivity contribution in [3.8, 4) is 0 Å². The van der Waals surface area contributed by atoms with E-state index in [1.165, 1.54) is 52.0 Å². The molecule has 2 aromatic rings. The Morgan fingerprint density at radius 3 is 2.07 bits per heavy atom. The lowest BCUT2D eigenvalue weighted by Gasteiger charge is -2.65. The molecule has 28 nitrogen and oxygen atoms in total. The standard InChI is InChI=1S/C57H78N4O24/c1-25-32(80-49(75)40(68)38(29-13-11-10-12-14-29)59-52(77)85-53(4,5)6)20-56(78)21-34-55(9,35(66)19-36-57(34,24-79-36)84-27(3)64)47(73)46(37(25)54(56,7)8)83-51(76)58-30-17-15-28(16-18-30)26(2)60-61-48(74)43(71)42(70)45(31(65)22-62)82-50-44(72)41(69)39(67)33(23-63)81-50/h10-18,31-36,38-46,50,62-63,65-72,78H,19-24H2,1-9H3,(H,58,76)(H,59,77)(H,61,74)/b60-26+/t31?,32-,33+,34?,35-,36+,38-,39-,40+,41-,42-,43+,44+,45+,46+,50-,55-,56?,57?/m0/s1. The lowest BCUT2D eigenvalue weighted by atomic mass is 9.46. The Hall–Kier alpha value is -6.09. The van der Waals surface area contributed by atoms with Crippen LogP contribution in [0, 0.1) is 16.7 Å². The Bertz CT molecular complexity index is 2850. The number of aliphatic hydroxyl groups excluding tert-OH is 10. The van der Waals surface area contributed by atoms with Crippen molar-refractivity contribution in [1.82, 2.24) is 10.7 Å². The Kier molecular flexibility index (Phi) is 20.1. The summed E-state index contributed by atoms with van der Waals surface area (Å²) in [7, 11) is 0. The van der Waals surface area contributed by atoms with Crippen LogP contribution in [0.25, 0.3) is 0 Å². The molecule has 470 valence electrons. The first-order chi connectivity index (χ1) is 39.7. The molecule has 2 saturated heterocycles. The van der Waals surface area contributed by atoms with Gasteiger partial charge in [0.2, 0.25) is 0 Å². The van der Waals surface area contributed by atoms with Crippen molar-refractivity contribution in [2.45, 2.75) is 190 Å². The normalized spacial score (nSPS) is 33.0. The number of nitrogens with one attached hydrogen (secondary N) is 3. The molecule has 2 aliphatic heterocycles. The smallest absolute Gasteiger partial charge is 0.412 e. The second kappa shape index (κ2) is 25.7. The summed E-state index contributed by atoms with van der Waals surface area (Å²) in [4.78, 5) is 83.4. The molecular formula is C57H78N4O24. The third-order valence-electron chi connectivity index (χ3n) is 17.1. The van der Waals surface area contributed by atoms with Crippen LogP contribution in [0.1, 0.15) is 98.7 Å². The molecule has 5 aliphatic rings. The molecule has 2 bridgehead atoms. The van der Waals surface area contributed by atoms with Crippen molar-refractivity contribution in [3.05, 3.63) is 76.9 Å². The summed E-state index contributed by atoms with van der Waals surface area (Å²) in [6.45, 7) is 11.4. The van der Waals surface area contributed by atoms with Gasteiger partial charge in [-0.2, -0.15) is 5.10 Å². The number of rotatable bonds is 18. The minimum Gasteiger partial charge on any atom is -0.456 e. The average Bonchev–Trinajstić information content (AvgIpc) is 0.693. The summed E-state index contributed by atoms with van der Waals surface area (Å²) in [5.74, 6) is -5.43. The quantitative estimate of drug-likeness (QED) is 0.0273. The number of hydrogen-bond donors (Lipinski definition) is 14. The minimum atomic E-state index is -2.43. The van der Waals surface area contributed by atoms with Gasteiger partial charge in [0.15, 0.2) is 36.0 Å². The molecule has 14 N–H and O–H groups in total. The number of alkyl carbamates (subject to hydrolysis) is 1. The minimum absolute atomic E-state index is 0.0103. The highest BCUT2D eigenvalue weighted by atomic mass is 16.7. The van der Waals surface area contributed by atoms with Gasteiger partial charge in [-0.1, -0.05) is 56.3 Å². The Morgan fingerprint density at radius 1 is 0.847 bits per heavy atom. The molecular weight excluding hydrogens is 1120 g/mol. The zero-order chi connectivity index (χ0) is 63.1. The summed E-state index contributed by atoms with van der Waals surface area (Å²) >= 11 is 0. The lowest BCUT2D eigenvalue weighted by molar-refractivity contribution is -0.327. The molecule has 7 rings (SSSR count). The number of benzene rings is 2. The number of hydrogen-bond acceptors (Lipinski definition) is 25. The molecule has 3 aliphatic carbocycles. The maximum Gasteiger partial charge on any atom is 0.412 e. The number of ether oxygens (including phenoxy) is 7. The monoisotopic (exact) mass is 1200 g/mol. The number of carbonyl (C=O) groups excluding carboxylic acids is 6. The van der Waals surface area contributed by atoms with Crippen LogP contribution in [0.4, 0.5) is 15.3 Å². The third-order valence-corrected chi connectivity index (χ3v) is 17.1. The number of anilines is 1. The number of Topliss-reactive ketones (excluding diaryl/α,β-unsaturated/α-hetero) is 1. The van der Waals surface area contributed by atoms with E-state index in [1.54, 1.807) is 65.0 Å². The van der Waals surface area contributed by atoms with E-state index in [0.717, 1.165) is 0 Å². The van der Waals surface area contributed by atoms with E-state index in [1.807, 2.05) is 5.43 Å². The van der Waals surface area contributed by atoms with E-state index in [9.17, 15) is 80.1 Å². The number of aliphatic hydroxyl groups is 11. The Morgan fingerprint density at radius 2 is 1.49 bits per heavy atom. The van der Waals surface area contributed by atoms with E-state index in [2.05, 4.69) is 15.7 Å². The van der Waals surface area contributed by atoms with Crippen molar-refractivity contribution in [2.75, 3.05) is 25.1 Å². The average molecular weight is 1200 g/mol. The summed E-state index contributed by atoms with van der Waals surface area (Å²) in [6.07, 6.45) is -29.1. The van der Waals surface area contributed by atoms with Crippen LogP contribution in [-0.4, -0.2) is 220 Å². The first-order valence-electron chi connectivity index (χ1n) is 27.6. The zero-order valence-corrected chi connectivity index (χ0v) is 48.4. The molecule has 4 unspecified atom stereocenters. The first kappa shape index (κ1) is 66.4. The summed E-state index contributed by atoms with van der Waals surface area (Å²) < 4.78 is 40.1. The Balaban J connectivity index is 1.14. The Labute approximate surface area is 488 Å². The van der Waals surface area contributed by atoms with E-state index in [0.29, 0.717) is 11.1 Å². The topological polar surface area (TPSA) is 438 Å². The lowest BCUT2D eigenvalue weighted by Crippen LogP contribution is -2.77. The van der Waals surface area contributed by atoms with Crippen LogP contribution < -0.4 is 16.1 Å². The molecule has 2 heterocycles. The number of amides is 3. The highest BCUT2D eigenvalue weighted by Gasteiger charge is 2.74. The molecule has 0 radical (unpaired) electrons. The SMILES string of the molecule is CC(=O)OC12CO[C@@H]1C[C@H](O)[C@@]1(C)C(=O)[C@H](OC(=O)Nc3ccc(/C(C)=N/NC(=O)[C@H](O)[C@H](O)[C@H](O[C@@H]4O[C@H](CO)[C@H](O)[C@H](O)[C@H]4O)C(O)CO)cc3)C3=C(C)[C@@H](OC(=O)[C@H](O)[C@@H](NC(=O)OC(C)(C)C)c4ccccc4)CC(O)(CC21)C3(C)C. The highest BCUT2D eigenvalue weighted by molar-refractivity contribution is 6.00. The molecule has 3 amide bonds. The van der Waals surface area contributed by atoms with Gasteiger partial charge in [-0.25, -0.2) is 19.8 Å². The van der Waals surface area contributed by atoms with Crippen LogP contribution in [-0.2, 0) is 52.3 Å². The van der Waals surface area contributed by atoms with Crippen LogP contribution in [0.5, 0.6) is 0 Å². The van der Waals surface area contributed by atoms with Gasteiger partial charge in [0, 0.05) is 36.8 Å². The van der Waals surface area contributed by atoms with Gasteiger partial charge in [-0.3, -0.25) is 19.7 Å². The van der Waals surface area contributed by atoms with Crippen LogP contribution in [0.3, 0.4) is 0 Å². The maximum absolute atomic E-state index is 15.7. The van der Waals surface area contributed by atoms with E-state index in [4.69, 9.17) is 33.2 Å². The van der Waals surface area contributed by atoms with Crippen molar-refractivity contribution >= 4 is 47.2 Å². The summed E-state index contributed by atoms with van der Waals surface area (Å²) in [6, 6.07) is 12.2. The largest absolute Gasteiger partial charge is 0.456 e. The molecule has 4 fully saturated rings. The number of fused-ring (bicyclic) bond motifs is 5. The van der Waals surface area contributed by atoms with Gasteiger partial charge in [0.1, 0.15) is 60.5 Å². The highest BCUT2D eigenvalue weighted by Crippen LogP contribution is 2.63. The van der Waals surface area contributed by atoms with Crippen LogP contribution >= 0.6 is 0 Å². The predicted octanol–water partition coefficient (Wildman–Crippen LogP) is -1.22. The number of hydrazone groups is 1. The number of esters is 2. The van der Waals surface area contributed by atoms with Gasteiger partial charge in [0.05, 0.1) is 48.7 Å². The zero-order valence-electron chi connectivity index (χ0n) is 48.4. The second-order valence-electron chi connectivity index (χ2n) is 24.0. The van der Waals surface area contributed by atoms with Crippen molar-refractivity contribution in [2.24, 2.45) is 21.8 Å². The fourth-order valence-corrected chi connectivity index (χ4v) is 12.1. The second-order valence-corrected chi connectivity index (χ2v) is 24.0. The van der Waals surface area contributed by atoms with E-state index < -0.39 is 174 Å². The first-order valence-corrected chi connectivity index (χ1v) is 27.6. The summed E-state index contributed by atoms with van der Waals surface area (Å²) in [5.41, 5.74) is -5.11. The fourth-order valence-electron chi connectivity index (χ4n) is 12.1. The molecule has 28 heteroatoms. The van der Waals surface area contributed by atoms with Gasteiger partial charge < -0.3 is 94.6 Å². The van der Waals surface area contributed by atoms with Gasteiger partial charge in [-0.05, 0) is 82.4 Å². The van der Waals surface area contributed by atoms with Crippen LogP contribution in [0.2, 0.25) is 0 Å². The molecule has 0 spiro atoms. The van der Waals surface area contributed by atoms with Crippen LogP contribution in [0.15, 0.2) is 70.8 Å². The molecule has 0 aromatic heterocycles. The number of nitrogens with zero attached hydrogens (tertiary/aromatic N) is 1. The van der Waals surface area contributed by atoms with Crippen molar-refractivity contribution in [3.63, 3.8) is 0 Å². The summed E-state index contributed by atoms with van der Waals surface area (Å²) in [5, 5.41) is 128. The number of ketones is 1. The molecule has 85 heavy (non-hydrogen) atoms. The molecule has 2 saturated carbocycles. The van der Waals surface area contributed by atoms with E-state index in [-0.39, 0.29) is 48.4 Å². The van der Waals surface area contributed by atoms with Gasteiger partial charge in [0.25, 0.3) is 5.91 Å². The van der Waals surface area contributed by atoms with E-state index >= 15 is 4.79 Å². The number of carbonyl (C=O) groups is 6.